The molecule has 0 aliphatic carbocycles. The molecule has 0 unspecified atom stereocenters. The molecule has 0 bridgehead atoms. The Morgan fingerprint density at radius 3 is 0.889 bits per heavy atom. The average Bonchev–Trinajstić information content (AvgIpc) is 2.66. The molecule has 4 aromatic rings. The van der Waals surface area contributed by atoms with Gasteiger partial charge in [-0.25, -0.2) is 0 Å². The Morgan fingerprint density at radius 2 is 0.667 bits per heavy atom. The van der Waals surface area contributed by atoms with Crippen molar-refractivity contribution in [2.75, 3.05) is 0 Å². The summed E-state index contributed by atoms with van der Waals surface area (Å²) in [6, 6.07) is 21.1. The Balaban J connectivity index is 2.41. The second-order valence-corrected chi connectivity index (χ2v) is 15.8. The van der Waals surface area contributed by atoms with Crippen LogP contribution in [0.1, 0.15) is 0 Å². The minimum atomic E-state index is -0.544. The summed E-state index contributed by atoms with van der Waals surface area (Å²) >= 11 is 0. The van der Waals surface area contributed by atoms with Gasteiger partial charge < -0.3 is 0 Å². The van der Waals surface area contributed by atoms with Gasteiger partial charge in [-0.2, -0.15) is 0 Å². The molecule has 3 heteroatoms. The number of rotatable bonds is 3. The van der Waals surface area contributed by atoms with Crippen molar-refractivity contribution in [3.8, 4) is 0 Å². The lowest BCUT2D eigenvalue weighted by molar-refractivity contribution is 1.79. The average molecular weight is 400 g/mol. The fourth-order valence-electron chi connectivity index (χ4n) is 4.40. The van der Waals surface area contributed by atoms with Gasteiger partial charge in [-0.05, 0) is 32.3 Å². The predicted molar refractivity (Wildman–Crippen MR) is 130 cm³/mol. The third-order valence-electron chi connectivity index (χ3n) is 5.62. The Kier molecular flexibility index (Phi) is 4.87. The largest absolute Gasteiger partial charge is 0.0800 e. The molecule has 0 atom stereocenters. The van der Waals surface area contributed by atoms with Crippen LogP contribution < -0.4 is 15.6 Å². The number of fused-ring (bicyclic) bond motifs is 6. The Hall–Kier alpha value is -1.69. The van der Waals surface area contributed by atoms with Crippen LogP contribution >= 0.6 is 0 Å². The molecule has 0 heterocycles. The molecule has 0 N–H and O–H groups in total. The third-order valence-corrected chi connectivity index (χ3v) is 10.1. The van der Waals surface area contributed by atoms with Crippen molar-refractivity contribution < 1.29 is 0 Å². The maximum absolute atomic E-state index is 2.43. The lowest BCUT2D eigenvalue weighted by atomic mass is 9.94. The van der Waals surface area contributed by atoms with Gasteiger partial charge >= 0.3 is 0 Å². The highest BCUT2D eigenvalue weighted by Crippen LogP contribution is 2.33. The van der Waals surface area contributed by atoms with Crippen molar-refractivity contribution in [1.29, 1.82) is 0 Å². The maximum Gasteiger partial charge on any atom is 0.0800 e. The molecule has 0 aliphatic rings. The van der Waals surface area contributed by atoms with Gasteiger partial charge in [-0.3, -0.25) is 0 Å². The van der Waals surface area contributed by atoms with Crippen molar-refractivity contribution >= 4 is 74.3 Å². The maximum atomic E-state index is 2.43. The Labute approximate surface area is 168 Å². The van der Waals surface area contributed by atoms with E-state index in [2.05, 4.69) is 93.9 Å². The molecular weight excluding hydrogens is 373 g/mol. The van der Waals surface area contributed by atoms with Crippen molar-refractivity contribution in [2.24, 2.45) is 0 Å². The van der Waals surface area contributed by atoms with Crippen molar-refractivity contribution in [3.63, 3.8) is 0 Å². The van der Waals surface area contributed by atoms with Gasteiger partial charge in [0.2, 0.25) is 0 Å². The molecule has 0 nitrogen and oxygen atoms in total. The molecule has 135 valence electrons. The van der Waals surface area contributed by atoms with E-state index in [0.29, 0.717) is 0 Å². The zero-order chi connectivity index (χ0) is 19.3. The van der Waals surface area contributed by atoms with Crippen molar-refractivity contribution in [2.45, 2.75) is 39.3 Å². The second-order valence-electron chi connectivity index (χ2n) is 8.18. The van der Waals surface area contributed by atoms with Crippen LogP contribution in [0.5, 0.6) is 0 Å². The molecule has 4 aromatic carbocycles. The first-order valence-electron chi connectivity index (χ1n) is 9.73. The first-order chi connectivity index (χ1) is 12.9. The summed E-state index contributed by atoms with van der Waals surface area (Å²) in [6.45, 7) is 14.6. The van der Waals surface area contributed by atoms with E-state index >= 15 is 0 Å². The summed E-state index contributed by atoms with van der Waals surface area (Å²) in [5, 5.41) is 13.7. The molecule has 4 rings (SSSR count). The van der Waals surface area contributed by atoms with Crippen LogP contribution in [0.15, 0.2) is 54.6 Å². The molecule has 27 heavy (non-hydrogen) atoms. The number of benzene rings is 4. The normalized spacial score (nSPS) is 12.3. The predicted octanol–water partition coefficient (Wildman–Crippen LogP) is 5.03. The van der Waals surface area contributed by atoms with E-state index < -0.39 is 26.4 Å². The minimum Gasteiger partial charge on any atom is -0.0671 e. The van der Waals surface area contributed by atoms with Gasteiger partial charge in [-0.1, -0.05) is 109 Å². The zero-order valence-corrected chi connectivity index (χ0v) is 20.2. The lowest BCUT2D eigenvalue weighted by Gasteiger charge is -2.21. The van der Waals surface area contributed by atoms with Crippen LogP contribution in [0.4, 0.5) is 0 Å². The van der Waals surface area contributed by atoms with Gasteiger partial charge in [0.05, 0.1) is 26.4 Å². The van der Waals surface area contributed by atoms with Crippen molar-refractivity contribution in [3.05, 3.63) is 54.6 Å². The zero-order valence-electron chi connectivity index (χ0n) is 17.2. The first-order valence-corrected chi connectivity index (χ1v) is 17.2. The summed E-state index contributed by atoms with van der Waals surface area (Å²) in [6.07, 6.45) is 0. The first kappa shape index (κ1) is 18.7. The number of hydrogen-bond donors (Lipinski definition) is 0. The summed E-state index contributed by atoms with van der Waals surface area (Å²) in [5.74, 6) is 0. The van der Waals surface area contributed by atoms with Gasteiger partial charge in [0.25, 0.3) is 0 Å². The fraction of sp³-hybridized carbons (Fsp3) is 0.250. The molecule has 0 amide bonds. The molecule has 3 radical (unpaired) electrons. The molecule has 0 aliphatic heterocycles. The van der Waals surface area contributed by atoms with Crippen LogP contribution in [0.25, 0.3) is 32.3 Å². The highest BCUT2D eigenvalue weighted by Gasteiger charge is 2.19. The van der Waals surface area contributed by atoms with Gasteiger partial charge in [0.1, 0.15) is 0 Å². The topological polar surface area (TPSA) is 0 Å². The van der Waals surface area contributed by atoms with E-state index in [1.807, 2.05) is 0 Å². The van der Waals surface area contributed by atoms with Crippen molar-refractivity contribution in [1.82, 2.24) is 0 Å². The number of hydrogen-bond acceptors (Lipinski definition) is 0. The monoisotopic (exact) mass is 399 g/mol. The van der Waals surface area contributed by atoms with Crippen LogP contribution in [0, 0.1) is 0 Å². The minimum absolute atomic E-state index is 0.544. The summed E-state index contributed by atoms with van der Waals surface area (Å²) in [7, 11) is -1.63. The van der Waals surface area contributed by atoms with Gasteiger partial charge in [-0.15, -0.1) is 0 Å². The van der Waals surface area contributed by atoms with E-state index in [-0.39, 0.29) is 0 Å². The van der Waals surface area contributed by atoms with E-state index in [1.54, 1.807) is 15.6 Å². The second kappa shape index (κ2) is 7.04. The Morgan fingerprint density at radius 1 is 0.407 bits per heavy atom. The highest BCUT2D eigenvalue weighted by atomic mass is 28.3. The molecule has 0 saturated carbocycles. The highest BCUT2D eigenvalue weighted by molar-refractivity contribution is 6.77. The SMILES string of the molecule is C[Si](C)c1cccc2c1c1cccc([Si](C)C)c1c1cccc([Si](C)C)c21. The van der Waals surface area contributed by atoms with Crippen LogP contribution in [-0.2, 0) is 0 Å². The summed E-state index contributed by atoms with van der Waals surface area (Å²) in [5.41, 5.74) is 0. The summed E-state index contributed by atoms with van der Waals surface area (Å²) < 4.78 is 0. The quantitative estimate of drug-likeness (QED) is 0.335. The molecule has 0 aromatic heterocycles. The molecule has 0 spiro atoms. The van der Waals surface area contributed by atoms with Crippen LogP contribution in [0.2, 0.25) is 39.3 Å². The third kappa shape index (κ3) is 2.93. The molecule has 0 fully saturated rings. The van der Waals surface area contributed by atoms with Gasteiger partial charge in [0.15, 0.2) is 0 Å². The van der Waals surface area contributed by atoms with E-state index in [9.17, 15) is 0 Å². The van der Waals surface area contributed by atoms with E-state index in [4.69, 9.17) is 0 Å². The molecular formula is C24H27Si3. The van der Waals surface area contributed by atoms with Crippen LogP contribution in [0.3, 0.4) is 0 Å². The standard InChI is InChI=1S/C24H27Si3/c1-25(2)19-13-7-10-16-22(19)17-11-8-14-20(26(3)4)24(17)18-12-9-15-21(23(16)18)27(5)6/h7-15H,1-6H3. The molecule has 0 saturated heterocycles. The van der Waals surface area contributed by atoms with E-state index in [0.717, 1.165) is 0 Å². The van der Waals surface area contributed by atoms with Crippen LogP contribution in [-0.4, -0.2) is 26.4 Å². The summed E-state index contributed by atoms with van der Waals surface area (Å²) in [4.78, 5) is 0. The Bertz CT molecular complexity index is 980. The smallest absolute Gasteiger partial charge is 0.0671 e. The van der Waals surface area contributed by atoms with Gasteiger partial charge in [0, 0.05) is 0 Å². The lowest BCUT2D eigenvalue weighted by Crippen LogP contribution is -2.28. The fourth-order valence-corrected chi connectivity index (χ4v) is 8.00. The van der Waals surface area contributed by atoms with E-state index in [1.165, 1.54) is 32.3 Å².